The molecule has 53 heavy (non-hydrogen) atoms. The van der Waals surface area contributed by atoms with Gasteiger partial charge in [-0.2, -0.15) is 0 Å². The fourth-order valence-corrected chi connectivity index (χ4v) is 8.36. The van der Waals surface area contributed by atoms with Crippen molar-refractivity contribution in [3.05, 3.63) is 174 Å². The fourth-order valence-electron chi connectivity index (χ4n) is 8.36. The normalized spacial score (nSPS) is 11.5. The van der Waals surface area contributed by atoms with Gasteiger partial charge in [-0.25, -0.2) is 0 Å². The summed E-state index contributed by atoms with van der Waals surface area (Å²) in [5.41, 5.74) is 12.1. The molecule has 0 aromatic heterocycles. The molecule has 0 heterocycles. The molecule has 0 aliphatic rings. The van der Waals surface area contributed by atoms with Crippen LogP contribution >= 0.6 is 0 Å². The highest BCUT2D eigenvalue weighted by molar-refractivity contribution is 5.63. The minimum absolute atomic E-state index is 0.0274. The Morgan fingerprint density at radius 1 is 0.340 bits per heavy atom. The van der Waals surface area contributed by atoms with Crippen LogP contribution in [0.4, 0.5) is 0 Å². The molecule has 6 aromatic rings. The largest absolute Gasteiger partial charge is 0.508 e. The average molecular weight is 709 g/mol. The van der Waals surface area contributed by atoms with Crippen LogP contribution in [0.15, 0.2) is 84.9 Å². The Kier molecular flexibility index (Phi) is 9.93. The SMILES string of the molecule is Cc1cc(C)c(C(c2cc(Cc3ccc(O)c(C(c4c(C)cc(C)cc4O)c4c(C)cc(C)cc4O)c3)ccc2O)c2c(C)cc(C)cc2O)c(O)c1. The summed E-state index contributed by atoms with van der Waals surface area (Å²) in [5.74, 6) is -0.998. The summed E-state index contributed by atoms with van der Waals surface area (Å²) in [6, 6.07) is 25.5. The van der Waals surface area contributed by atoms with Crippen molar-refractivity contribution >= 4 is 0 Å². The number of benzene rings is 6. The number of aromatic hydroxyl groups is 6. The monoisotopic (exact) mass is 708 g/mol. The van der Waals surface area contributed by atoms with Crippen LogP contribution < -0.4 is 0 Å². The van der Waals surface area contributed by atoms with Gasteiger partial charge in [0.15, 0.2) is 0 Å². The van der Waals surface area contributed by atoms with Gasteiger partial charge in [-0.3, -0.25) is 0 Å². The van der Waals surface area contributed by atoms with Crippen molar-refractivity contribution in [1.82, 2.24) is 0 Å². The Hall–Kier alpha value is -5.88. The predicted octanol–water partition coefficient (Wildman–Crippen LogP) is 10.3. The van der Waals surface area contributed by atoms with E-state index >= 15 is 0 Å². The molecule has 0 aliphatic heterocycles. The van der Waals surface area contributed by atoms with Crippen LogP contribution in [0.3, 0.4) is 0 Å². The first-order valence-electron chi connectivity index (χ1n) is 17.9. The summed E-state index contributed by atoms with van der Waals surface area (Å²) < 4.78 is 0. The van der Waals surface area contributed by atoms with E-state index in [1.807, 2.05) is 104 Å². The van der Waals surface area contributed by atoms with Crippen LogP contribution in [-0.2, 0) is 6.42 Å². The van der Waals surface area contributed by atoms with Gasteiger partial charge >= 0.3 is 0 Å². The van der Waals surface area contributed by atoms with Gasteiger partial charge < -0.3 is 30.6 Å². The second kappa shape index (κ2) is 14.3. The van der Waals surface area contributed by atoms with Crippen molar-refractivity contribution in [3.63, 3.8) is 0 Å². The lowest BCUT2D eigenvalue weighted by Gasteiger charge is -2.27. The van der Waals surface area contributed by atoms with Gasteiger partial charge in [-0.1, -0.05) is 48.5 Å². The summed E-state index contributed by atoms with van der Waals surface area (Å²) in [5, 5.41) is 68.5. The van der Waals surface area contributed by atoms with Crippen LogP contribution in [0.1, 0.15) is 101 Å². The van der Waals surface area contributed by atoms with E-state index in [1.54, 1.807) is 36.4 Å². The third kappa shape index (κ3) is 7.14. The first-order chi connectivity index (χ1) is 25.0. The quantitative estimate of drug-likeness (QED) is 0.0876. The lowest BCUT2D eigenvalue weighted by Crippen LogP contribution is -2.10. The fraction of sp³-hybridized carbons (Fsp3) is 0.234. The van der Waals surface area contributed by atoms with E-state index in [4.69, 9.17) is 0 Å². The van der Waals surface area contributed by atoms with Gasteiger partial charge in [0.25, 0.3) is 0 Å². The minimum Gasteiger partial charge on any atom is -0.508 e. The summed E-state index contributed by atoms with van der Waals surface area (Å²) in [7, 11) is 0. The molecule has 0 unspecified atom stereocenters. The van der Waals surface area contributed by atoms with Crippen molar-refractivity contribution in [2.24, 2.45) is 0 Å². The molecule has 0 amide bonds. The number of hydrogen-bond donors (Lipinski definition) is 6. The van der Waals surface area contributed by atoms with Crippen molar-refractivity contribution in [2.45, 2.75) is 73.6 Å². The Morgan fingerprint density at radius 2 is 0.604 bits per heavy atom. The zero-order valence-corrected chi connectivity index (χ0v) is 31.6. The Bertz CT molecular complexity index is 2010. The van der Waals surface area contributed by atoms with E-state index < -0.39 is 11.8 Å². The molecule has 6 aromatic carbocycles. The van der Waals surface area contributed by atoms with Gasteiger partial charge in [-0.15, -0.1) is 0 Å². The van der Waals surface area contributed by atoms with Gasteiger partial charge in [-0.05, 0) is 154 Å². The molecule has 6 nitrogen and oxygen atoms in total. The van der Waals surface area contributed by atoms with E-state index in [2.05, 4.69) is 0 Å². The summed E-state index contributed by atoms with van der Waals surface area (Å²) in [6.07, 6.45) is 0.412. The Labute approximate surface area is 311 Å². The van der Waals surface area contributed by atoms with E-state index in [9.17, 15) is 30.6 Å². The summed E-state index contributed by atoms with van der Waals surface area (Å²) in [4.78, 5) is 0. The highest BCUT2D eigenvalue weighted by Gasteiger charge is 2.31. The maximum Gasteiger partial charge on any atom is 0.120 e. The zero-order valence-electron chi connectivity index (χ0n) is 31.6. The number of aryl methyl sites for hydroxylation is 8. The topological polar surface area (TPSA) is 121 Å². The molecule has 6 heteroatoms. The van der Waals surface area contributed by atoms with Crippen molar-refractivity contribution < 1.29 is 30.6 Å². The predicted molar refractivity (Wildman–Crippen MR) is 211 cm³/mol. The van der Waals surface area contributed by atoms with Crippen LogP contribution in [0.5, 0.6) is 34.5 Å². The molecule has 0 atom stereocenters. The van der Waals surface area contributed by atoms with Crippen LogP contribution in [0.2, 0.25) is 0 Å². The van der Waals surface area contributed by atoms with Crippen molar-refractivity contribution in [2.75, 3.05) is 0 Å². The maximum absolute atomic E-state index is 11.5. The molecular weight excluding hydrogens is 661 g/mol. The molecule has 0 saturated heterocycles. The number of phenolic OH excluding ortho intramolecular Hbond substituents is 6. The average Bonchev–Trinajstić information content (AvgIpc) is 3.03. The highest BCUT2D eigenvalue weighted by atomic mass is 16.3. The van der Waals surface area contributed by atoms with Crippen LogP contribution in [-0.4, -0.2) is 30.6 Å². The van der Waals surface area contributed by atoms with E-state index in [1.165, 1.54) is 0 Å². The molecule has 6 rings (SSSR count). The summed E-state index contributed by atoms with van der Waals surface area (Å²) >= 11 is 0. The van der Waals surface area contributed by atoms with Crippen molar-refractivity contribution in [3.8, 4) is 34.5 Å². The van der Waals surface area contributed by atoms with Crippen LogP contribution in [0.25, 0.3) is 0 Å². The molecule has 0 radical (unpaired) electrons. The summed E-state index contributed by atoms with van der Waals surface area (Å²) in [6.45, 7) is 15.3. The van der Waals surface area contributed by atoms with Gasteiger partial charge in [0, 0.05) is 45.2 Å². The standard InChI is InChI=1S/C47H48O6/c1-24-13-28(5)42(38(50)17-24)46(43-29(6)14-25(2)18-39(43)51)34-22-32(9-11-36(34)48)21-33-10-12-37(49)35(23-33)47(44-30(7)15-26(3)19-40(44)52)45-31(8)16-27(4)20-41(45)53/h9-20,22-23,46-53H,21H2,1-8H3. The number of hydrogen-bond acceptors (Lipinski definition) is 6. The lowest BCUT2D eigenvalue weighted by atomic mass is 9.78. The third-order valence-corrected chi connectivity index (χ3v) is 10.4. The van der Waals surface area contributed by atoms with Gasteiger partial charge in [0.2, 0.25) is 0 Å². The van der Waals surface area contributed by atoms with Crippen molar-refractivity contribution in [1.29, 1.82) is 0 Å². The molecule has 6 N–H and O–H groups in total. The third-order valence-electron chi connectivity index (χ3n) is 10.4. The first-order valence-corrected chi connectivity index (χ1v) is 17.9. The highest BCUT2D eigenvalue weighted by Crippen LogP contribution is 2.49. The second-order valence-electron chi connectivity index (χ2n) is 14.9. The molecule has 0 bridgehead atoms. The number of rotatable bonds is 8. The smallest absolute Gasteiger partial charge is 0.120 e. The lowest BCUT2D eigenvalue weighted by molar-refractivity contribution is 0.448. The molecular formula is C47H48O6. The molecule has 0 fully saturated rings. The van der Waals surface area contributed by atoms with Crippen LogP contribution in [0, 0.1) is 55.4 Å². The Balaban J connectivity index is 1.52. The number of phenols is 6. The van der Waals surface area contributed by atoms with E-state index in [0.29, 0.717) is 39.8 Å². The van der Waals surface area contributed by atoms with Gasteiger partial charge in [0.05, 0.1) is 0 Å². The van der Waals surface area contributed by atoms with Gasteiger partial charge in [0.1, 0.15) is 34.5 Å². The van der Waals surface area contributed by atoms with E-state index in [-0.39, 0.29) is 34.5 Å². The minimum atomic E-state index is -0.684. The molecule has 0 aliphatic carbocycles. The Morgan fingerprint density at radius 3 is 0.849 bits per heavy atom. The molecule has 0 saturated carbocycles. The zero-order chi connectivity index (χ0) is 38.5. The van der Waals surface area contributed by atoms with E-state index in [0.717, 1.165) is 55.6 Å². The first kappa shape index (κ1) is 36.9. The molecule has 0 spiro atoms. The second-order valence-corrected chi connectivity index (χ2v) is 14.9. The molecule has 272 valence electrons. The maximum atomic E-state index is 11.5.